The molecule has 0 radical (unpaired) electrons. The summed E-state index contributed by atoms with van der Waals surface area (Å²) in [5.74, 6) is -0.173. The van der Waals surface area contributed by atoms with Crippen LogP contribution in [0, 0.1) is 13.8 Å². The Morgan fingerprint density at radius 1 is 0.929 bits per heavy atom. The van der Waals surface area contributed by atoms with E-state index in [-0.39, 0.29) is 18.2 Å². The van der Waals surface area contributed by atoms with E-state index in [1.165, 1.54) is 6.92 Å². The number of amides is 2. The van der Waals surface area contributed by atoms with E-state index in [1.807, 2.05) is 50.2 Å². The van der Waals surface area contributed by atoms with Gasteiger partial charge in [0.25, 0.3) is 0 Å². The summed E-state index contributed by atoms with van der Waals surface area (Å²) in [5.41, 5.74) is 4.94. The first kappa shape index (κ1) is 21.5. The van der Waals surface area contributed by atoms with Crippen LogP contribution in [0.15, 0.2) is 42.5 Å². The molecule has 0 aliphatic rings. The fraction of sp³-hybridized carbons (Fsp3) is 0.391. The van der Waals surface area contributed by atoms with Crippen LogP contribution in [0.1, 0.15) is 38.3 Å². The van der Waals surface area contributed by atoms with E-state index < -0.39 is 0 Å². The standard InChI is InChI=1S/C23H31N3O2/c1-6-25(7-2)21-12-13-22(18(4)16-21)24-23(28)14-15-26(19(5)27)20-10-8-17(3)9-11-20/h8-13,16H,6-7,14-15H2,1-5H3,(H,24,28). The summed E-state index contributed by atoms with van der Waals surface area (Å²) in [7, 11) is 0. The van der Waals surface area contributed by atoms with Gasteiger partial charge in [0.15, 0.2) is 0 Å². The van der Waals surface area contributed by atoms with Gasteiger partial charge in [0.05, 0.1) is 0 Å². The first-order valence-corrected chi connectivity index (χ1v) is 9.85. The fourth-order valence-corrected chi connectivity index (χ4v) is 3.19. The molecule has 0 aromatic heterocycles. The third kappa shape index (κ3) is 5.59. The highest BCUT2D eigenvalue weighted by atomic mass is 16.2. The molecule has 0 spiro atoms. The maximum atomic E-state index is 12.4. The topological polar surface area (TPSA) is 52.7 Å². The second kappa shape index (κ2) is 9.93. The van der Waals surface area contributed by atoms with Crippen molar-refractivity contribution in [2.45, 2.75) is 41.0 Å². The van der Waals surface area contributed by atoms with Gasteiger partial charge in [-0.2, -0.15) is 0 Å². The second-order valence-corrected chi connectivity index (χ2v) is 6.98. The molecule has 0 atom stereocenters. The number of nitrogens with zero attached hydrogens (tertiary/aromatic N) is 2. The Bertz CT molecular complexity index is 811. The van der Waals surface area contributed by atoms with Gasteiger partial charge < -0.3 is 15.1 Å². The highest BCUT2D eigenvalue weighted by Crippen LogP contribution is 2.23. The molecule has 150 valence electrons. The summed E-state index contributed by atoms with van der Waals surface area (Å²) in [6.07, 6.45) is 0.241. The molecule has 2 rings (SSSR count). The SMILES string of the molecule is CCN(CC)c1ccc(NC(=O)CCN(C(C)=O)c2ccc(C)cc2)c(C)c1. The lowest BCUT2D eigenvalue weighted by molar-refractivity contribution is -0.117. The number of aryl methyl sites for hydroxylation is 2. The lowest BCUT2D eigenvalue weighted by Gasteiger charge is -2.23. The minimum absolute atomic E-state index is 0.0728. The maximum Gasteiger partial charge on any atom is 0.226 e. The average Bonchev–Trinajstić information content (AvgIpc) is 2.66. The zero-order chi connectivity index (χ0) is 20.7. The van der Waals surface area contributed by atoms with Gasteiger partial charge in [0.1, 0.15) is 0 Å². The van der Waals surface area contributed by atoms with Crippen LogP contribution in [-0.4, -0.2) is 31.4 Å². The van der Waals surface area contributed by atoms with Gasteiger partial charge in [-0.15, -0.1) is 0 Å². The van der Waals surface area contributed by atoms with Crippen LogP contribution in [0.2, 0.25) is 0 Å². The van der Waals surface area contributed by atoms with E-state index in [1.54, 1.807) is 4.90 Å². The molecule has 0 saturated carbocycles. The van der Waals surface area contributed by atoms with Crippen molar-refractivity contribution in [1.29, 1.82) is 0 Å². The normalized spacial score (nSPS) is 10.5. The molecule has 0 saturated heterocycles. The Kier molecular flexibility index (Phi) is 7.61. The predicted molar refractivity (Wildman–Crippen MR) is 117 cm³/mol. The summed E-state index contributed by atoms with van der Waals surface area (Å²) < 4.78 is 0. The summed E-state index contributed by atoms with van der Waals surface area (Å²) >= 11 is 0. The highest BCUT2D eigenvalue weighted by molar-refractivity contribution is 5.95. The van der Waals surface area contributed by atoms with E-state index in [4.69, 9.17) is 0 Å². The molecule has 0 heterocycles. The Morgan fingerprint density at radius 2 is 1.54 bits per heavy atom. The average molecular weight is 382 g/mol. The van der Waals surface area contributed by atoms with Crippen LogP contribution < -0.4 is 15.1 Å². The van der Waals surface area contributed by atoms with Crippen molar-refractivity contribution in [3.05, 3.63) is 53.6 Å². The molecule has 0 aliphatic heterocycles. The third-order valence-corrected chi connectivity index (χ3v) is 4.90. The molecule has 2 aromatic carbocycles. The summed E-state index contributed by atoms with van der Waals surface area (Å²) in [6, 6.07) is 13.8. The van der Waals surface area contributed by atoms with Crippen molar-refractivity contribution >= 4 is 28.9 Å². The minimum atomic E-state index is -0.1000. The number of benzene rings is 2. The molecule has 28 heavy (non-hydrogen) atoms. The van der Waals surface area contributed by atoms with Crippen LogP contribution in [0.4, 0.5) is 17.1 Å². The molecular formula is C23H31N3O2. The van der Waals surface area contributed by atoms with E-state index in [0.717, 1.165) is 41.3 Å². The maximum absolute atomic E-state index is 12.4. The number of rotatable bonds is 8. The van der Waals surface area contributed by atoms with Gasteiger partial charge in [-0.3, -0.25) is 9.59 Å². The predicted octanol–water partition coefficient (Wildman–Crippen LogP) is 4.53. The van der Waals surface area contributed by atoms with Crippen molar-refractivity contribution in [2.24, 2.45) is 0 Å². The molecular weight excluding hydrogens is 350 g/mol. The number of carbonyl (C=O) groups is 2. The molecule has 0 fully saturated rings. The number of carbonyl (C=O) groups excluding carboxylic acids is 2. The Labute approximate surface area is 168 Å². The highest BCUT2D eigenvalue weighted by Gasteiger charge is 2.14. The summed E-state index contributed by atoms with van der Waals surface area (Å²) in [5, 5.41) is 2.97. The molecule has 5 nitrogen and oxygen atoms in total. The Balaban J connectivity index is 2.01. The molecule has 5 heteroatoms. The van der Waals surface area contributed by atoms with Crippen LogP contribution in [0.5, 0.6) is 0 Å². The Morgan fingerprint density at radius 3 is 2.07 bits per heavy atom. The van der Waals surface area contributed by atoms with Crippen LogP contribution in [0.3, 0.4) is 0 Å². The minimum Gasteiger partial charge on any atom is -0.372 e. The largest absolute Gasteiger partial charge is 0.372 e. The quantitative estimate of drug-likeness (QED) is 0.731. The van der Waals surface area contributed by atoms with Crippen molar-refractivity contribution < 1.29 is 9.59 Å². The summed E-state index contributed by atoms with van der Waals surface area (Å²) in [6.45, 7) is 12.0. The monoisotopic (exact) mass is 381 g/mol. The number of nitrogens with one attached hydrogen (secondary N) is 1. The lowest BCUT2D eigenvalue weighted by Crippen LogP contribution is -2.32. The first-order chi connectivity index (χ1) is 13.3. The number of anilines is 3. The second-order valence-electron chi connectivity index (χ2n) is 6.98. The molecule has 0 unspecified atom stereocenters. The smallest absolute Gasteiger partial charge is 0.226 e. The van der Waals surface area contributed by atoms with Crippen LogP contribution >= 0.6 is 0 Å². The van der Waals surface area contributed by atoms with Gasteiger partial charge in [0.2, 0.25) is 11.8 Å². The van der Waals surface area contributed by atoms with Crippen molar-refractivity contribution in [1.82, 2.24) is 0 Å². The van der Waals surface area contributed by atoms with Crippen LogP contribution in [0.25, 0.3) is 0 Å². The molecule has 1 N–H and O–H groups in total. The zero-order valence-electron chi connectivity index (χ0n) is 17.6. The molecule has 0 bridgehead atoms. The fourth-order valence-electron chi connectivity index (χ4n) is 3.19. The van der Waals surface area contributed by atoms with Crippen molar-refractivity contribution in [2.75, 3.05) is 34.8 Å². The lowest BCUT2D eigenvalue weighted by atomic mass is 10.1. The number of hydrogen-bond donors (Lipinski definition) is 1. The van der Waals surface area contributed by atoms with E-state index >= 15 is 0 Å². The van der Waals surface area contributed by atoms with E-state index in [0.29, 0.717) is 6.54 Å². The first-order valence-electron chi connectivity index (χ1n) is 9.85. The van der Waals surface area contributed by atoms with Crippen LogP contribution in [-0.2, 0) is 9.59 Å². The Hall–Kier alpha value is -2.82. The van der Waals surface area contributed by atoms with Crippen molar-refractivity contribution in [3.8, 4) is 0 Å². The van der Waals surface area contributed by atoms with Gasteiger partial charge in [-0.05, 0) is 63.6 Å². The van der Waals surface area contributed by atoms with Gasteiger partial charge in [-0.25, -0.2) is 0 Å². The van der Waals surface area contributed by atoms with Gasteiger partial charge in [0, 0.05) is 50.0 Å². The third-order valence-electron chi connectivity index (χ3n) is 4.90. The van der Waals surface area contributed by atoms with E-state index in [2.05, 4.69) is 30.1 Å². The van der Waals surface area contributed by atoms with Crippen molar-refractivity contribution in [3.63, 3.8) is 0 Å². The summed E-state index contributed by atoms with van der Waals surface area (Å²) in [4.78, 5) is 28.4. The molecule has 0 aliphatic carbocycles. The van der Waals surface area contributed by atoms with Gasteiger partial charge >= 0.3 is 0 Å². The van der Waals surface area contributed by atoms with Gasteiger partial charge in [-0.1, -0.05) is 17.7 Å². The molecule has 2 amide bonds. The molecule has 2 aromatic rings. The van der Waals surface area contributed by atoms with E-state index in [9.17, 15) is 9.59 Å². The number of hydrogen-bond acceptors (Lipinski definition) is 3. The zero-order valence-corrected chi connectivity index (χ0v) is 17.6.